The Morgan fingerprint density at radius 1 is 1.29 bits per heavy atom. The topological polar surface area (TPSA) is 42.0 Å². The minimum Gasteiger partial charge on any atom is -0.324 e. The molecule has 1 heterocycles. The molecule has 0 aliphatic rings. The second-order valence-electron chi connectivity index (χ2n) is 6.06. The predicted molar refractivity (Wildman–Crippen MR) is 90.8 cm³/mol. The van der Waals surface area contributed by atoms with E-state index in [2.05, 4.69) is 29.4 Å². The highest BCUT2D eigenvalue weighted by molar-refractivity contribution is 7.99. The summed E-state index contributed by atoms with van der Waals surface area (Å²) in [7, 11) is 0. The van der Waals surface area contributed by atoms with E-state index >= 15 is 0 Å². The molecule has 1 aromatic carbocycles. The Hall–Kier alpha value is -1.55. The normalized spacial score (nSPS) is 11.6. The lowest BCUT2D eigenvalue weighted by atomic mass is 9.95. The Kier molecular flexibility index (Phi) is 4.88. The average molecular weight is 302 g/mol. The third kappa shape index (κ3) is 3.76. The van der Waals surface area contributed by atoms with Crippen molar-refractivity contribution >= 4 is 34.3 Å². The summed E-state index contributed by atoms with van der Waals surface area (Å²) in [6.07, 6.45) is 2.90. The molecule has 0 unspecified atom stereocenters. The molecule has 0 fully saturated rings. The van der Waals surface area contributed by atoms with Crippen molar-refractivity contribution in [3.8, 4) is 0 Å². The van der Waals surface area contributed by atoms with Gasteiger partial charge in [-0.15, -0.1) is 11.8 Å². The summed E-state index contributed by atoms with van der Waals surface area (Å²) in [5.41, 5.74) is 1.22. The molecule has 4 heteroatoms. The number of aromatic nitrogens is 1. The molecule has 3 nitrogen and oxygen atoms in total. The fourth-order valence-electron chi connectivity index (χ4n) is 1.90. The molecule has 0 aliphatic heterocycles. The fourth-order valence-corrected chi connectivity index (χ4v) is 2.80. The number of benzene rings is 1. The molecule has 0 radical (unpaired) electrons. The first-order valence-electron chi connectivity index (χ1n) is 7.25. The molecule has 1 amide bonds. The van der Waals surface area contributed by atoms with E-state index in [0.29, 0.717) is 0 Å². The van der Waals surface area contributed by atoms with Crippen LogP contribution in [0.1, 0.15) is 34.1 Å². The summed E-state index contributed by atoms with van der Waals surface area (Å²) in [6.45, 7) is 7.89. The van der Waals surface area contributed by atoms with Crippen molar-refractivity contribution in [2.45, 2.75) is 39.0 Å². The number of amides is 1. The van der Waals surface area contributed by atoms with Crippen LogP contribution in [-0.4, -0.2) is 16.6 Å². The molecule has 0 aliphatic carbocycles. The van der Waals surface area contributed by atoms with Gasteiger partial charge in [0, 0.05) is 21.9 Å². The predicted octanol–water partition coefficient (Wildman–Crippen LogP) is 4.72. The molecule has 0 bridgehead atoms. The van der Waals surface area contributed by atoms with Crippen LogP contribution in [0.15, 0.2) is 35.4 Å². The van der Waals surface area contributed by atoms with Gasteiger partial charge in [0.15, 0.2) is 0 Å². The highest BCUT2D eigenvalue weighted by Crippen LogP contribution is 2.32. The zero-order chi connectivity index (χ0) is 15.5. The first kappa shape index (κ1) is 15.8. The van der Waals surface area contributed by atoms with E-state index in [9.17, 15) is 4.79 Å². The number of nitrogens with zero attached hydrogens (tertiary/aromatic N) is 1. The molecule has 1 aromatic heterocycles. The van der Waals surface area contributed by atoms with Gasteiger partial charge in [0.1, 0.15) is 0 Å². The van der Waals surface area contributed by atoms with Gasteiger partial charge >= 0.3 is 0 Å². The maximum Gasteiger partial charge on any atom is 0.229 e. The minimum atomic E-state index is -0.420. The molecular weight excluding hydrogens is 280 g/mol. The molecule has 0 saturated carbocycles. The van der Waals surface area contributed by atoms with E-state index in [1.54, 1.807) is 6.20 Å². The minimum absolute atomic E-state index is 0.00316. The number of thioether (sulfide) groups is 1. The molecule has 1 N–H and O–H groups in total. The summed E-state index contributed by atoms with van der Waals surface area (Å²) >= 11 is 1.83. The van der Waals surface area contributed by atoms with Crippen LogP contribution in [0.5, 0.6) is 0 Å². The van der Waals surface area contributed by atoms with Crippen molar-refractivity contribution < 1.29 is 4.79 Å². The molecule has 21 heavy (non-hydrogen) atoms. The van der Waals surface area contributed by atoms with Crippen LogP contribution in [0.3, 0.4) is 0 Å². The fraction of sp³-hybridized carbons (Fsp3) is 0.412. The quantitative estimate of drug-likeness (QED) is 0.831. The first-order valence-corrected chi connectivity index (χ1v) is 8.24. The van der Waals surface area contributed by atoms with E-state index < -0.39 is 5.41 Å². The summed E-state index contributed by atoms with van der Waals surface area (Å²) in [6, 6.07) is 8.03. The van der Waals surface area contributed by atoms with Crippen molar-refractivity contribution in [1.82, 2.24) is 4.98 Å². The van der Waals surface area contributed by atoms with Crippen molar-refractivity contribution in [2.75, 3.05) is 11.1 Å². The van der Waals surface area contributed by atoms with Gasteiger partial charge in [-0.1, -0.05) is 33.8 Å². The summed E-state index contributed by atoms with van der Waals surface area (Å²) in [5, 5.41) is 4.10. The number of hydrogen-bond acceptors (Lipinski definition) is 3. The van der Waals surface area contributed by atoms with Crippen LogP contribution in [0.25, 0.3) is 10.9 Å². The van der Waals surface area contributed by atoms with Crippen LogP contribution >= 0.6 is 11.8 Å². The number of fused-ring (bicyclic) bond motifs is 1. The van der Waals surface area contributed by atoms with E-state index in [1.165, 1.54) is 4.90 Å². The SMILES string of the molecule is CCCSc1ccc(NC(=O)C(C)(C)C)c2ncccc12. The molecule has 2 aromatic rings. The molecule has 2 rings (SSSR count). The van der Waals surface area contributed by atoms with Gasteiger partial charge in [0.05, 0.1) is 11.2 Å². The van der Waals surface area contributed by atoms with Gasteiger partial charge in [0.2, 0.25) is 5.91 Å². The summed E-state index contributed by atoms with van der Waals surface area (Å²) in [5.74, 6) is 1.08. The van der Waals surface area contributed by atoms with Gasteiger partial charge in [-0.25, -0.2) is 0 Å². The maximum absolute atomic E-state index is 12.2. The van der Waals surface area contributed by atoms with Gasteiger partial charge < -0.3 is 5.32 Å². The third-order valence-corrected chi connectivity index (χ3v) is 4.40. The number of hydrogen-bond donors (Lipinski definition) is 1. The Bertz CT molecular complexity index is 647. The summed E-state index contributed by atoms with van der Waals surface area (Å²) < 4.78 is 0. The molecular formula is C17H22N2OS. The lowest BCUT2D eigenvalue weighted by molar-refractivity contribution is -0.123. The zero-order valence-corrected chi connectivity index (χ0v) is 13.9. The van der Waals surface area contributed by atoms with Crippen molar-refractivity contribution in [2.24, 2.45) is 5.41 Å². The third-order valence-electron chi connectivity index (χ3n) is 3.12. The number of pyridine rings is 1. The number of anilines is 1. The standard InChI is InChI=1S/C17H22N2OS/c1-5-11-21-14-9-8-13(19-16(20)17(2,3)4)15-12(14)7-6-10-18-15/h6-10H,5,11H2,1-4H3,(H,19,20). The number of carbonyl (C=O) groups excluding carboxylic acids is 1. The van der Waals surface area contributed by atoms with Crippen molar-refractivity contribution in [1.29, 1.82) is 0 Å². The highest BCUT2D eigenvalue weighted by Gasteiger charge is 2.22. The first-order chi connectivity index (χ1) is 9.93. The zero-order valence-electron chi connectivity index (χ0n) is 13.1. The number of rotatable bonds is 4. The Balaban J connectivity index is 2.40. The maximum atomic E-state index is 12.2. The van der Waals surface area contributed by atoms with Crippen LogP contribution in [0.4, 0.5) is 5.69 Å². The second-order valence-corrected chi connectivity index (χ2v) is 7.20. The van der Waals surface area contributed by atoms with Crippen LogP contribution < -0.4 is 5.32 Å². The monoisotopic (exact) mass is 302 g/mol. The van der Waals surface area contributed by atoms with Gasteiger partial charge in [-0.3, -0.25) is 9.78 Å². The van der Waals surface area contributed by atoms with Crippen molar-refractivity contribution in [3.05, 3.63) is 30.5 Å². The van der Waals surface area contributed by atoms with Gasteiger partial charge in [-0.2, -0.15) is 0 Å². The largest absolute Gasteiger partial charge is 0.324 e. The number of carbonyl (C=O) groups is 1. The van der Waals surface area contributed by atoms with Crippen LogP contribution in [0.2, 0.25) is 0 Å². The van der Waals surface area contributed by atoms with Gasteiger partial charge in [0.25, 0.3) is 0 Å². The van der Waals surface area contributed by atoms with E-state index in [4.69, 9.17) is 0 Å². The van der Waals surface area contributed by atoms with E-state index in [0.717, 1.165) is 28.8 Å². The molecule has 0 spiro atoms. The lowest BCUT2D eigenvalue weighted by Crippen LogP contribution is -2.27. The molecule has 112 valence electrons. The van der Waals surface area contributed by atoms with E-state index in [-0.39, 0.29) is 5.91 Å². The Labute approximate surface area is 130 Å². The smallest absolute Gasteiger partial charge is 0.229 e. The molecule has 0 saturated heterocycles. The summed E-state index contributed by atoms with van der Waals surface area (Å²) in [4.78, 5) is 17.9. The van der Waals surface area contributed by atoms with Gasteiger partial charge in [-0.05, 0) is 30.4 Å². The number of nitrogens with one attached hydrogen (secondary N) is 1. The highest BCUT2D eigenvalue weighted by atomic mass is 32.2. The average Bonchev–Trinajstić information content (AvgIpc) is 2.45. The lowest BCUT2D eigenvalue weighted by Gasteiger charge is -2.19. The molecule has 0 atom stereocenters. The van der Waals surface area contributed by atoms with Crippen LogP contribution in [0, 0.1) is 5.41 Å². The second kappa shape index (κ2) is 6.48. The van der Waals surface area contributed by atoms with Crippen LogP contribution in [-0.2, 0) is 4.79 Å². The van der Waals surface area contributed by atoms with Crippen molar-refractivity contribution in [3.63, 3.8) is 0 Å². The Morgan fingerprint density at radius 3 is 2.71 bits per heavy atom. The Morgan fingerprint density at radius 2 is 2.05 bits per heavy atom. The van der Waals surface area contributed by atoms with E-state index in [1.807, 2.05) is 44.7 Å².